The van der Waals surface area contributed by atoms with Gasteiger partial charge in [-0.2, -0.15) is 0 Å². The smallest absolute Gasteiger partial charge is 0.0779 e. The molecule has 0 radical (unpaired) electrons. The van der Waals surface area contributed by atoms with Gasteiger partial charge < -0.3 is 15.0 Å². The van der Waals surface area contributed by atoms with Gasteiger partial charge in [-0.15, -0.1) is 0 Å². The van der Waals surface area contributed by atoms with Crippen molar-refractivity contribution < 1.29 is 4.74 Å². The van der Waals surface area contributed by atoms with Crippen LogP contribution < -0.4 is 10.2 Å². The third-order valence-corrected chi connectivity index (χ3v) is 4.97. The highest BCUT2D eigenvalue weighted by atomic mass is 16.5. The Balaban J connectivity index is 1.73. The van der Waals surface area contributed by atoms with Gasteiger partial charge in [0.05, 0.1) is 18.8 Å². The number of anilines is 1. The van der Waals surface area contributed by atoms with Gasteiger partial charge >= 0.3 is 0 Å². The Bertz CT molecular complexity index is 443. The van der Waals surface area contributed by atoms with Gasteiger partial charge in [0.1, 0.15) is 0 Å². The van der Waals surface area contributed by atoms with Crippen LogP contribution in [0.25, 0.3) is 0 Å². The normalized spacial score (nSPS) is 27.2. The molecule has 2 aliphatic rings. The van der Waals surface area contributed by atoms with Crippen molar-refractivity contribution >= 4 is 5.69 Å². The van der Waals surface area contributed by atoms with Crippen molar-refractivity contribution in [1.82, 2.24) is 5.32 Å². The highest BCUT2D eigenvalue weighted by Gasteiger charge is 2.34. The van der Waals surface area contributed by atoms with E-state index in [1.54, 1.807) is 0 Å². The number of ether oxygens (including phenoxy) is 1. The fourth-order valence-electron chi connectivity index (χ4n) is 3.80. The predicted octanol–water partition coefficient (Wildman–Crippen LogP) is 3.50. The largest absolute Gasteiger partial charge is 0.374 e. The van der Waals surface area contributed by atoms with Crippen LogP contribution in [0.4, 0.5) is 5.69 Å². The van der Waals surface area contributed by atoms with Crippen molar-refractivity contribution in [2.24, 2.45) is 0 Å². The Kier molecular flexibility index (Phi) is 4.81. The fourth-order valence-corrected chi connectivity index (χ4v) is 3.80. The maximum absolute atomic E-state index is 5.98. The zero-order valence-corrected chi connectivity index (χ0v) is 13.3. The van der Waals surface area contributed by atoms with E-state index in [1.165, 1.54) is 36.9 Å². The number of hydrogen-bond acceptors (Lipinski definition) is 3. The number of rotatable bonds is 4. The van der Waals surface area contributed by atoms with E-state index in [-0.39, 0.29) is 0 Å². The summed E-state index contributed by atoms with van der Waals surface area (Å²) in [5, 5.41) is 3.47. The molecule has 0 spiro atoms. The van der Waals surface area contributed by atoms with Gasteiger partial charge in [0.25, 0.3) is 0 Å². The SMILES string of the molecule is CCNC(C)c1ccc(N2CCOC3CCCCC32)cc1. The molecule has 1 aromatic rings. The van der Waals surface area contributed by atoms with Gasteiger partial charge in [0.15, 0.2) is 0 Å². The number of nitrogens with one attached hydrogen (secondary N) is 1. The molecular formula is C18H28N2O. The van der Waals surface area contributed by atoms with E-state index in [9.17, 15) is 0 Å². The summed E-state index contributed by atoms with van der Waals surface area (Å²) in [6.45, 7) is 7.29. The summed E-state index contributed by atoms with van der Waals surface area (Å²) in [4.78, 5) is 2.58. The zero-order chi connectivity index (χ0) is 14.7. The lowest BCUT2D eigenvalue weighted by molar-refractivity contribution is -0.00867. The first-order valence-electron chi connectivity index (χ1n) is 8.51. The quantitative estimate of drug-likeness (QED) is 0.917. The molecule has 116 valence electrons. The van der Waals surface area contributed by atoms with Crippen LogP contribution in [0, 0.1) is 0 Å². The molecule has 2 fully saturated rings. The zero-order valence-electron chi connectivity index (χ0n) is 13.3. The number of morpholine rings is 1. The van der Waals surface area contributed by atoms with Crippen LogP contribution in [0.15, 0.2) is 24.3 Å². The van der Waals surface area contributed by atoms with E-state index in [2.05, 4.69) is 48.3 Å². The molecule has 1 heterocycles. The van der Waals surface area contributed by atoms with Crippen molar-refractivity contribution in [3.63, 3.8) is 0 Å². The van der Waals surface area contributed by atoms with Crippen LogP contribution >= 0.6 is 0 Å². The molecule has 1 aliphatic heterocycles. The van der Waals surface area contributed by atoms with Crippen molar-refractivity contribution in [1.29, 1.82) is 0 Å². The summed E-state index contributed by atoms with van der Waals surface area (Å²) in [5.41, 5.74) is 2.73. The lowest BCUT2D eigenvalue weighted by Gasteiger charge is -2.45. The second-order valence-corrected chi connectivity index (χ2v) is 6.33. The lowest BCUT2D eigenvalue weighted by atomic mass is 9.89. The maximum atomic E-state index is 5.98. The highest BCUT2D eigenvalue weighted by molar-refractivity contribution is 5.49. The van der Waals surface area contributed by atoms with E-state index in [0.717, 1.165) is 19.7 Å². The molecule has 3 unspecified atom stereocenters. The second kappa shape index (κ2) is 6.80. The van der Waals surface area contributed by atoms with Gasteiger partial charge in [-0.25, -0.2) is 0 Å². The van der Waals surface area contributed by atoms with Crippen LogP contribution in [-0.2, 0) is 4.74 Å². The van der Waals surface area contributed by atoms with Crippen LogP contribution in [0.5, 0.6) is 0 Å². The average Bonchev–Trinajstić information content (AvgIpc) is 2.55. The maximum Gasteiger partial charge on any atom is 0.0779 e. The molecule has 21 heavy (non-hydrogen) atoms. The molecule has 3 rings (SSSR count). The van der Waals surface area contributed by atoms with Gasteiger partial charge in [-0.1, -0.05) is 31.9 Å². The average molecular weight is 288 g/mol. The summed E-state index contributed by atoms with van der Waals surface area (Å²) in [5.74, 6) is 0. The van der Waals surface area contributed by atoms with Crippen molar-refractivity contribution in [2.45, 2.75) is 57.7 Å². The molecule has 1 aliphatic carbocycles. The minimum atomic E-state index is 0.427. The molecule has 3 heteroatoms. The van der Waals surface area contributed by atoms with E-state index >= 15 is 0 Å². The topological polar surface area (TPSA) is 24.5 Å². The van der Waals surface area contributed by atoms with Crippen LogP contribution in [-0.4, -0.2) is 31.8 Å². The second-order valence-electron chi connectivity index (χ2n) is 6.33. The van der Waals surface area contributed by atoms with Gasteiger partial charge in [-0.05, 0) is 44.0 Å². The Morgan fingerprint density at radius 3 is 2.76 bits per heavy atom. The van der Waals surface area contributed by atoms with E-state index in [1.807, 2.05) is 0 Å². The molecule has 0 aromatic heterocycles. The first-order chi connectivity index (χ1) is 10.3. The van der Waals surface area contributed by atoms with Gasteiger partial charge in [0, 0.05) is 18.3 Å². The Morgan fingerprint density at radius 1 is 1.24 bits per heavy atom. The van der Waals surface area contributed by atoms with Crippen LogP contribution in [0.3, 0.4) is 0 Å². The highest BCUT2D eigenvalue weighted by Crippen LogP contribution is 2.32. The Labute approximate surface area is 128 Å². The van der Waals surface area contributed by atoms with E-state index in [4.69, 9.17) is 4.74 Å². The monoisotopic (exact) mass is 288 g/mol. The summed E-state index contributed by atoms with van der Waals surface area (Å²) < 4.78 is 5.98. The van der Waals surface area contributed by atoms with E-state index < -0.39 is 0 Å². The van der Waals surface area contributed by atoms with Crippen molar-refractivity contribution in [3.8, 4) is 0 Å². The minimum Gasteiger partial charge on any atom is -0.374 e. The molecule has 1 N–H and O–H groups in total. The summed E-state index contributed by atoms with van der Waals surface area (Å²) in [7, 11) is 0. The Morgan fingerprint density at radius 2 is 2.00 bits per heavy atom. The molecule has 1 saturated carbocycles. The number of hydrogen-bond donors (Lipinski definition) is 1. The molecule has 3 nitrogen and oxygen atoms in total. The van der Waals surface area contributed by atoms with Crippen molar-refractivity contribution in [3.05, 3.63) is 29.8 Å². The molecule has 1 saturated heterocycles. The minimum absolute atomic E-state index is 0.427. The van der Waals surface area contributed by atoms with E-state index in [0.29, 0.717) is 18.2 Å². The van der Waals surface area contributed by atoms with Crippen LogP contribution in [0.1, 0.15) is 51.1 Å². The van der Waals surface area contributed by atoms with Crippen molar-refractivity contribution in [2.75, 3.05) is 24.6 Å². The standard InChI is InChI=1S/C18H28N2O/c1-3-19-14(2)15-8-10-16(11-9-15)20-12-13-21-18-7-5-4-6-17(18)20/h8-11,14,17-19H,3-7,12-13H2,1-2H3. The molecular weight excluding hydrogens is 260 g/mol. The Hall–Kier alpha value is -1.06. The summed E-state index contributed by atoms with van der Waals surface area (Å²) in [6.07, 6.45) is 5.63. The summed E-state index contributed by atoms with van der Waals surface area (Å²) in [6, 6.07) is 10.1. The van der Waals surface area contributed by atoms with Crippen LogP contribution in [0.2, 0.25) is 0 Å². The first kappa shape index (κ1) is 14.9. The van der Waals surface area contributed by atoms with Gasteiger partial charge in [0.2, 0.25) is 0 Å². The molecule has 0 amide bonds. The number of nitrogens with zero attached hydrogens (tertiary/aromatic N) is 1. The number of benzene rings is 1. The first-order valence-corrected chi connectivity index (χ1v) is 8.51. The molecule has 1 aromatic carbocycles. The fraction of sp³-hybridized carbons (Fsp3) is 0.667. The lowest BCUT2D eigenvalue weighted by Crippen LogP contribution is -2.52. The number of fused-ring (bicyclic) bond motifs is 1. The third-order valence-electron chi connectivity index (χ3n) is 4.97. The summed E-state index contributed by atoms with van der Waals surface area (Å²) >= 11 is 0. The third kappa shape index (κ3) is 3.24. The molecule has 3 atom stereocenters. The molecule has 0 bridgehead atoms. The predicted molar refractivity (Wildman–Crippen MR) is 87.9 cm³/mol. The van der Waals surface area contributed by atoms with Gasteiger partial charge in [-0.3, -0.25) is 0 Å².